The quantitative estimate of drug-likeness (QED) is 0.739. The van der Waals surface area contributed by atoms with Gasteiger partial charge in [0.2, 0.25) is 0 Å². The van der Waals surface area contributed by atoms with Crippen LogP contribution in [-0.2, 0) is 6.42 Å². The molecule has 0 radical (unpaired) electrons. The first-order valence-corrected chi connectivity index (χ1v) is 8.25. The van der Waals surface area contributed by atoms with E-state index in [4.69, 9.17) is 0 Å². The lowest BCUT2D eigenvalue weighted by Crippen LogP contribution is -2.29. The third-order valence-corrected chi connectivity index (χ3v) is 5.00. The third-order valence-electron chi connectivity index (χ3n) is 5.00. The zero-order chi connectivity index (χ0) is 14.8. The number of rotatable bonds is 7. The van der Waals surface area contributed by atoms with Gasteiger partial charge in [-0.05, 0) is 54.6 Å². The smallest absolute Gasteiger partial charge is 0.0292 e. The van der Waals surface area contributed by atoms with E-state index >= 15 is 0 Å². The van der Waals surface area contributed by atoms with Crippen molar-refractivity contribution in [1.82, 2.24) is 5.32 Å². The van der Waals surface area contributed by atoms with Crippen LogP contribution in [0, 0.1) is 17.3 Å². The normalized spacial score (nSPS) is 18.6. The molecule has 1 aromatic rings. The Morgan fingerprint density at radius 1 is 1.00 bits per heavy atom. The van der Waals surface area contributed by atoms with Gasteiger partial charge in [-0.15, -0.1) is 0 Å². The Hall–Kier alpha value is -0.820. The lowest BCUT2D eigenvalue weighted by molar-refractivity contribution is 0.325. The molecule has 20 heavy (non-hydrogen) atoms. The second-order valence-electron chi connectivity index (χ2n) is 7.46. The van der Waals surface area contributed by atoms with Crippen LogP contribution in [0.15, 0.2) is 24.3 Å². The van der Waals surface area contributed by atoms with Gasteiger partial charge in [0.25, 0.3) is 0 Å². The van der Waals surface area contributed by atoms with Crippen LogP contribution in [0.25, 0.3) is 0 Å². The fourth-order valence-corrected chi connectivity index (χ4v) is 3.01. The molecular formula is C19H31N. The highest BCUT2D eigenvalue weighted by atomic mass is 14.9. The van der Waals surface area contributed by atoms with Crippen molar-refractivity contribution in [2.24, 2.45) is 17.3 Å². The molecule has 1 fully saturated rings. The Kier molecular flexibility index (Phi) is 4.90. The minimum absolute atomic E-state index is 0.458. The highest BCUT2D eigenvalue weighted by Gasteiger charge is 2.44. The van der Waals surface area contributed by atoms with Crippen LogP contribution >= 0.6 is 0 Å². The van der Waals surface area contributed by atoms with E-state index in [2.05, 4.69) is 64.2 Å². The molecule has 2 rings (SSSR count). The summed E-state index contributed by atoms with van der Waals surface area (Å²) in [5.41, 5.74) is 3.46. The fourth-order valence-electron chi connectivity index (χ4n) is 3.01. The van der Waals surface area contributed by atoms with Gasteiger partial charge in [0, 0.05) is 12.6 Å². The van der Waals surface area contributed by atoms with E-state index in [0.717, 1.165) is 11.8 Å². The van der Waals surface area contributed by atoms with Crippen molar-refractivity contribution < 1.29 is 0 Å². The van der Waals surface area contributed by atoms with E-state index in [-0.39, 0.29) is 0 Å². The van der Waals surface area contributed by atoms with Crippen molar-refractivity contribution in [2.45, 2.75) is 59.9 Å². The van der Waals surface area contributed by atoms with Gasteiger partial charge in [0.05, 0.1) is 0 Å². The monoisotopic (exact) mass is 273 g/mol. The summed E-state index contributed by atoms with van der Waals surface area (Å²) in [4.78, 5) is 0. The summed E-state index contributed by atoms with van der Waals surface area (Å²) in [5, 5.41) is 3.74. The summed E-state index contributed by atoms with van der Waals surface area (Å²) < 4.78 is 0. The minimum atomic E-state index is 0.458. The summed E-state index contributed by atoms with van der Waals surface area (Å²) >= 11 is 0. The molecule has 1 unspecified atom stereocenters. The molecule has 1 nitrogen and oxygen atoms in total. The molecule has 112 valence electrons. The standard InChI is InChI=1S/C19H31N/c1-14(2)12-17-6-8-18(9-7-17)16(5)20-13-19(10-11-19)15(3)4/h6-9,14-16,20H,10-13H2,1-5H3. The summed E-state index contributed by atoms with van der Waals surface area (Å²) in [5.74, 6) is 1.53. The summed E-state index contributed by atoms with van der Waals surface area (Å²) in [6.45, 7) is 12.7. The van der Waals surface area contributed by atoms with Crippen molar-refractivity contribution in [3.63, 3.8) is 0 Å². The van der Waals surface area contributed by atoms with Crippen LogP contribution in [0.1, 0.15) is 64.6 Å². The largest absolute Gasteiger partial charge is 0.310 e. The van der Waals surface area contributed by atoms with Crippen molar-refractivity contribution in [1.29, 1.82) is 0 Å². The Morgan fingerprint density at radius 2 is 1.60 bits per heavy atom. The number of benzene rings is 1. The third kappa shape index (κ3) is 3.85. The molecule has 1 N–H and O–H groups in total. The Labute approximate surface area is 125 Å². The maximum Gasteiger partial charge on any atom is 0.0292 e. The predicted molar refractivity (Wildman–Crippen MR) is 87.9 cm³/mol. The van der Waals surface area contributed by atoms with Crippen molar-refractivity contribution in [3.8, 4) is 0 Å². The van der Waals surface area contributed by atoms with Gasteiger partial charge in [0.15, 0.2) is 0 Å². The van der Waals surface area contributed by atoms with Crippen molar-refractivity contribution >= 4 is 0 Å². The van der Waals surface area contributed by atoms with Gasteiger partial charge in [-0.1, -0.05) is 52.0 Å². The molecule has 1 atom stereocenters. The van der Waals surface area contributed by atoms with Crippen molar-refractivity contribution in [2.75, 3.05) is 6.54 Å². The molecule has 1 aliphatic rings. The maximum absolute atomic E-state index is 3.74. The lowest BCUT2D eigenvalue weighted by atomic mass is 9.92. The first-order valence-electron chi connectivity index (χ1n) is 8.25. The van der Waals surface area contributed by atoms with Crippen LogP contribution in [0.2, 0.25) is 0 Å². The number of hydrogen-bond donors (Lipinski definition) is 1. The van der Waals surface area contributed by atoms with Crippen LogP contribution in [-0.4, -0.2) is 6.54 Å². The van der Waals surface area contributed by atoms with E-state index in [1.165, 1.54) is 36.9 Å². The van der Waals surface area contributed by atoms with E-state index in [9.17, 15) is 0 Å². The molecule has 0 amide bonds. The first kappa shape index (κ1) is 15.6. The average Bonchev–Trinajstić information content (AvgIpc) is 3.17. The second kappa shape index (κ2) is 6.30. The molecule has 1 saturated carbocycles. The molecule has 0 saturated heterocycles. The van der Waals surface area contributed by atoms with Crippen LogP contribution in [0.4, 0.5) is 0 Å². The number of hydrogen-bond acceptors (Lipinski definition) is 1. The SMILES string of the molecule is CC(C)Cc1ccc(C(C)NCC2(C(C)C)CC2)cc1. The van der Waals surface area contributed by atoms with Crippen LogP contribution in [0.5, 0.6) is 0 Å². The van der Waals surface area contributed by atoms with Gasteiger partial charge >= 0.3 is 0 Å². The molecule has 0 aromatic heterocycles. The topological polar surface area (TPSA) is 12.0 Å². The van der Waals surface area contributed by atoms with Crippen molar-refractivity contribution in [3.05, 3.63) is 35.4 Å². The minimum Gasteiger partial charge on any atom is -0.310 e. The van der Waals surface area contributed by atoms with Gasteiger partial charge in [-0.2, -0.15) is 0 Å². The average molecular weight is 273 g/mol. The number of nitrogens with one attached hydrogen (secondary N) is 1. The Morgan fingerprint density at radius 3 is 2.05 bits per heavy atom. The van der Waals surface area contributed by atoms with Gasteiger partial charge in [-0.25, -0.2) is 0 Å². The van der Waals surface area contributed by atoms with E-state index in [0.29, 0.717) is 11.5 Å². The van der Waals surface area contributed by atoms with Crippen LogP contribution < -0.4 is 5.32 Å². The van der Waals surface area contributed by atoms with Gasteiger partial charge < -0.3 is 5.32 Å². The lowest BCUT2D eigenvalue weighted by Gasteiger charge is -2.23. The zero-order valence-corrected chi connectivity index (χ0v) is 13.9. The molecule has 0 bridgehead atoms. The van der Waals surface area contributed by atoms with E-state index < -0.39 is 0 Å². The molecule has 1 aliphatic carbocycles. The summed E-state index contributed by atoms with van der Waals surface area (Å²) in [6.07, 6.45) is 3.98. The van der Waals surface area contributed by atoms with E-state index in [1.54, 1.807) is 0 Å². The maximum atomic E-state index is 3.74. The van der Waals surface area contributed by atoms with Gasteiger partial charge in [-0.3, -0.25) is 0 Å². The van der Waals surface area contributed by atoms with Gasteiger partial charge in [0.1, 0.15) is 0 Å². The summed E-state index contributed by atoms with van der Waals surface area (Å²) in [6, 6.07) is 9.64. The fraction of sp³-hybridized carbons (Fsp3) is 0.684. The predicted octanol–water partition coefficient (Wildman–Crippen LogP) is 4.97. The highest BCUT2D eigenvalue weighted by molar-refractivity contribution is 5.25. The van der Waals surface area contributed by atoms with E-state index in [1.807, 2.05) is 0 Å². The Bertz CT molecular complexity index is 412. The summed E-state index contributed by atoms with van der Waals surface area (Å²) in [7, 11) is 0. The zero-order valence-electron chi connectivity index (χ0n) is 13.9. The molecule has 1 heteroatoms. The molecule has 0 aliphatic heterocycles. The van der Waals surface area contributed by atoms with Crippen LogP contribution in [0.3, 0.4) is 0 Å². The molecule has 1 aromatic carbocycles. The molecule has 0 heterocycles. The molecule has 0 spiro atoms. The molecular weight excluding hydrogens is 242 g/mol. The highest BCUT2D eigenvalue weighted by Crippen LogP contribution is 2.51. The second-order valence-corrected chi connectivity index (χ2v) is 7.46. The first-order chi connectivity index (χ1) is 9.43. The Balaban J connectivity index is 1.88.